The minimum Gasteiger partial charge on any atom is -0.304 e. The summed E-state index contributed by atoms with van der Waals surface area (Å²) in [7, 11) is 0. The molecule has 0 aliphatic rings. The van der Waals surface area contributed by atoms with Gasteiger partial charge in [-0.1, -0.05) is 12.1 Å². The molecule has 142 valence electrons. The Morgan fingerprint density at radius 2 is 1.96 bits per heavy atom. The lowest BCUT2D eigenvalue weighted by Gasteiger charge is -2.09. The lowest BCUT2D eigenvalue weighted by atomic mass is 10.1. The highest BCUT2D eigenvalue weighted by molar-refractivity contribution is 6.02. The van der Waals surface area contributed by atoms with Crippen molar-refractivity contribution in [1.29, 1.82) is 0 Å². The van der Waals surface area contributed by atoms with Gasteiger partial charge in [-0.25, -0.2) is 0 Å². The number of hydrogen-bond donors (Lipinski definition) is 1. The Labute approximate surface area is 153 Å². The van der Waals surface area contributed by atoms with E-state index in [1.54, 1.807) is 34.5 Å². The molecule has 6 nitrogen and oxygen atoms in total. The van der Waals surface area contributed by atoms with E-state index in [0.29, 0.717) is 29.3 Å². The first-order chi connectivity index (χ1) is 12.8. The molecule has 0 bridgehead atoms. The van der Waals surface area contributed by atoms with Crippen molar-refractivity contribution in [3.63, 3.8) is 0 Å². The molecular formula is C18H18F3N5O. The summed E-state index contributed by atoms with van der Waals surface area (Å²) in [6, 6.07) is 8.37. The lowest BCUT2D eigenvalue weighted by Crippen LogP contribution is -2.17. The highest BCUT2D eigenvalue weighted by Gasteiger charge is 2.30. The third-order valence-electron chi connectivity index (χ3n) is 4.06. The van der Waals surface area contributed by atoms with E-state index in [0.717, 1.165) is 12.1 Å². The van der Waals surface area contributed by atoms with Gasteiger partial charge >= 0.3 is 6.18 Å². The van der Waals surface area contributed by atoms with Crippen molar-refractivity contribution in [2.24, 2.45) is 0 Å². The van der Waals surface area contributed by atoms with Gasteiger partial charge in [0.15, 0.2) is 5.82 Å². The van der Waals surface area contributed by atoms with Crippen LogP contribution in [0.25, 0.3) is 0 Å². The molecule has 0 aliphatic carbocycles. The van der Waals surface area contributed by atoms with Gasteiger partial charge in [-0.05, 0) is 37.6 Å². The average molecular weight is 377 g/mol. The first-order valence-corrected chi connectivity index (χ1v) is 8.31. The molecular weight excluding hydrogens is 359 g/mol. The smallest absolute Gasteiger partial charge is 0.304 e. The molecule has 2 aromatic heterocycles. The number of benzene rings is 1. The highest BCUT2D eigenvalue weighted by atomic mass is 19.4. The normalized spacial score (nSPS) is 11.6. The topological polar surface area (TPSA) is 64.7 Å². The summed E-state index contributed by atoms with van der Waals surface area (Å²) in [6.45, 7) is 4.36. The van der Waals surface area contributed by atoms with E-state index < -0.39 is 11.7 Å². The number of aryl methyl sites for hydroxylation is 2. The number of carbonyl (C=O) groups excluding carboxylic acids is 1. The summed E-state index contributed by atoms with van der Waals surface area (Å²) in [5.74, 6) is -0.0219. The molecule has 3 rings (SSSR count). The number of nitrogens with zero attached hydrogens (tertiary/aromatic N) is 4. The molecule has 0 spiro atoms. The summed E-state index contributed by atoms with van der Waals surface area (Å²) in [4.78, 5) is 12.3. The molecule has 1 N–H and O–H groups in total. The van der Waals surface area contributed by atoms with E-state index in [4.69, 9.17) is 0 Å². The average Bonchev–Trinajstić information content (AvgIpc) is 3.21. The number of carbonyl (C=O) groups is 1. The maximum Gasteiger partial charge on any atom is 0.416 e. The predicted octanol–water partition coefficient (Wildman–Crippen LogP) is 3.73. The van der Waals surface area contributed by atoms with Crippen LogP contribution in [0.3, 0.4) is 0 Å². The largest absolute Gasteiger partial charge is 0.416 e. The van der Waals surface area contributed by atoms with Crippen LogP contribution in [0.4, 0.5) is 19.0 Å². The molecule has 9 heteroatoms. The number of hydrogen-bond acceptors (Lipinski definition) is 3. The van der Waals surface area contributed by atoms with Gasteiger partial charge < -0.3 is 5.32 Å². The first kappa shape index (κ1) is 18.7. The molecule has 1 aromatic carbocycles. The van der Waals surface area contributed by atoms with Crippen molar-refractivity contribution in [2.75, 3.05) is 5.32 Å². The molecule has 0 fully saturated rings. The van der Waals surface area contributed by atoms with Crippen LogP contribution in [0.15, 0.2) is 42.6 Å². The fourth-order valence-electron chi connectivity index (χ4n) is 2.71. The first-order valence-electron chi connectivity index (χ1n) is 8.31. The van der Waals surface area contributed by atoms with Crippen LogP contribution < -0.4 is 5.32 Å². The molecule has 1 amide bonds. The second kappa shape index (κ2) is 7.26. The van der Waals surface area contributed by atoms with Gasteiger partial charge in [0.1, 0.15) is 5.69 Å². The van der Waals surface area contributed by atoms with Crippen molar-refractivity contribution in [1.82, 2.24) is 19.6 Å². The second-order valence-electron chi connectivity index (χ2n) is 6.01. The molecule has 27 heavy (non-hydrogen) atoms. The number of aromatic nitrogens is 4. The zero-order valence-electron chi connectivity index (χ0n) is 14.8. The standard InChI is InChI=1S/C18H18F3N5O/c1-3-25-15(7-8-22-25)17(27)23-16-9-12(2)26(24-16)11-13-5-4-6-14(10-13)18(19,20)21/h4-10H,3,11H2,1-2H3,(H,23,24,27). The zero-order chi connectivity index (χ0) is 19.6. The van der Waals surface area contributed by atoms with Crippen molar-refractivity contribution in [2.45, 2.75) is 33.1 Å². The van der Waals surface area contributed by atoms with E-state index in [2.05, 4.69) is 15.5 Å². The maximum atomic E-state index is 12.9. The summed E-state index contributed by atoms with van der Waals surface area (Å²) >= 11 is 0. The molecule has 0 saturated heterocycles. The fourth-order valence-corrected chi connectivity index (χ4v) is 2.71. The molecule has 0 saturated carbocycles. The van der Waals surface area contributed by atoms with E-state index in [-0.39, 0.29) is 12.5 Å². The van der Waals surface area contributed by atoms with Crippen LogP contribution in [0.2, 0.25) is 0 Å². The molecule has 0 atom stereocenters. The van der Waals surface area contributed by atoms with E-state index in [1.807, 2.05) is 6.92 Å². The predicted molar refractivity (Wildman–Crippen MR) is 93.4 cm³/mol. The third-order valence-corrected chi connectivity index (χ3v) is 4.06. The van der Waals surface area contributed by atoms with Crippen LogP contribution >= 0.6 is 0 Å². The molecule has 0 radical (unpaired) electrons. The van der Waals surface area contributed by atoms with Gasteiger partial charge in [-0.2, -0.15) is 23.4 Å². The summed E-state index contributed by atoms with van der Waals surface area (Å²) in [5, 5.41) is 11.0. The van der Waals surface area contributed by atoms with Gasteiger partial charge in [0.2, 0.25) is 0 Å². The quantitative estimate of drug-likeness (QED) is 0.737. The Morgan fingerprint density at radius 1 is 1.19 bits per heavy atom. The Hall–Kier alpha value is -3.10. The Bertz CT molecular complexity index is 958. The van der Waals surface area contributed by atoms with Crippen LogP contribution in [0.5, 0.6) is 0 Å². The molecule has 0 aliphatic heterocycles. The molecule has 0 unspecified atom stereocenters. The Morgan fingerprint density at radius 3 is 2.67 bits per heavy atom. The minimum absolute atomic E-state index is 0.165. The molecule has 3 aromatic rings. The van der Waals surface area contributed by atoms with Crippen molar-refractivity contribution in [3.05, 3.63) is 65.1 Å². The van der Waals surface area contributed by atoms with E-state index in [1.165, 1.54) is 12.3 Å². The Balaban J connectivity index is 1.76. The van der Waals surface area contributed by atoms with Gasteiger partial charge in [-0.3, -0.25) is 14.2 Å². The summed E-state index contributed by atoms with van der Waals surface area (Å²) in [6.07, 6.45) is -2.85. The van der Waals surface area contributed by atoms with Crippen molar-refractivity contribution >= 4 is 11.7 Å². The number of rotatable bonds is 5. The van der Waals surface area contributed by atoms with Gasteiger partial charge in [0.25, 0.3) is 5.91 Å². The fraction of sp³-hybridized carbons (Fsp3) is 0.278. The zero-order valence-corrected chi connectivity index (χ0v) is 14.8. The number of alkyl halides is 3. The summed E-state index contributed by atoms with van der Waals surface area (Å²) in [5.41, 5.74) is 0.887. The molecule has 2 heterocycles. The van der Waals surface area contributed by atoms with Gasteiger partial charge in [0.05, 0.1) is 12.1 Å². The SMILES string of the molecule is CCn1nccc1C(=O)Nc1cc(C)n(Cc2cccc(C(F)(F)F)c2)n1. The van der Waals surface area contributed by atoms with Crippen LogP contribution in [0.1, 0.15) is 34.2 Å². The monoisotopic (exact) mass is 377 g/mol. The summed E-state index contributed by atoms with van der Waals surface area (Å²) < 4.78 is 41.7. The van der Waals surface area contributed by atoms with E-state index in [9.17, 15) is 18.0 Å². The van der Waals surface area contributed by atoms with Crippen LogP contribution in [-0.2, 0) is 19.3 Å². The number of nitrogens with one attached hydrogen (secondary N) is 1. The number of amides is 1. The number of anilines is 1. The van der Waals surface area contributed by atoms with Crippen LogP contribution in [-0.4, -0.2) is 25.5 Å². The van der Waals surface area contributed by atoms with Crippen molar-refractivity contribution in [3.8, 4) is 0 Å². The third kappa shape index (κ3) is 4.18. The Kier molecular flexibility index (Phi) is 5.02. The van der Waals surface area contributed by atoms with Gasteiger partial charge in [-0.15, -0.1) is 0 Å². The second-order valence-corrected chi connectivity index (χ2v) is 6.01. The highest BCUT2D eigenvalue weighted by Crippen LogP contribution is 2.29. The lowest BCUT2D eigenvalue weighted by molar-refractivity contribution is -0.137. The van der Waals surface area contributed by atoms with Crippen LogP contribution in [0, 0.1) is 6.92 Å². The van der Waals surface area contributed by atoms with Gasteiger partial charge in [0, 0.05) is 24.5 Å². The maximum absolute atomic E-state index is 12.9. The van der Waals surface area contributed by atoms with Crippen molar-refractivity contribution < 1.29 is 18.0 Å². The number of halogens is 3. The minimum atomic E-state index is -4.39. The van der Waals surface area contributed by atoms with E-state index >= 15 is 0 Å².